The molecular weight excluding hydrogens is 342 g/mol. The number of hydrogen-bond acceptors (Lipinski definition) is 5. The number of pyridine rings is 1. The molecule has 0 saturated heterocycles. The number of nitriles is 1. The molecule has 0 aromatic carbocycles. The molecule has 1 amide bonds. The molecule has 0 fully saturated rings. The topological polar surface area (TPSA) is 101 Å². The molecule has 3 aromatic rings. The van der Waals surface area contributed by atoms with Crippen LogP contribution in [-0.4, -0.2) is 30.5 Å². The van der Waals surface area contributed by atoms with Crippen LogP contribution < -0.4 is 5.32 Å². The lowest BCUT2D eigenvalue weighted by molar-refractivity contribution is -0.116. The molecule has 1 N–H and O–H groups in total. The summed E-state index contributed by atoms with van der Waals surface area (Å²) in [6.07, 6.45) is 3.04. The fourth-order valence-electron chi connectivity index (χ4n) is 3.31. The maximum atomic E-state index is 12.4. The van der Waals surface area contributed by atoms with E-state index in [-0.39, 0.29) is 5.91 Å². The van der Waals surface area contributed by atoms with Gasteiger partial charge in [-0.15, -0.1) is 0 Å². The first-order chi connectivity index (χ1) is 12.9. The Hall–Kier alpha value is -3.21. The highest BCUT2D eigenvalue weighted by molar-refractivity contribution is 5.93. The summed E-state index contributed by atoms with van der Waals surface area (Å²) in [6.45, 7) is 6.41. The molecule has 3 rings (SSSR count). The zero-order valence-electron chi connectivity index (χ0n) is 16.1. The summed E-state index contributed by atoms with van der Waals surface area (Å²) in [5.74, 6) is -0.0683. The summed E-state index contributed by atoms with van der Waals surface area (Å²) in [7, 11) is 1.85. The molecule has 27 heavy (non-hydrogen) atoms. The Balaban J connectivity index is 1.66. The van der Waals surface area contributed by atoms with Crippen molar-refractivity contribution in [2.45, 2.75) is 46.6 Å². The molecule has 0 saturated carbocycles. The van der Waals surface area contributed by atoms with Gasteiger partial charge in [-0.25, -0.2) is 4.98 Å². The largest absolute Gasteiger partial charge is 0.325 e. The Labute approximate surface area is 157 Å². The second kappa shape index (κ2) is 7.58. The van der Waals surface area contributed by atoms with Crippen LogP contribution in [-0.2, 0) is 24.8 Å². The van der Waals surface area contributed by atoms with E-state index in [4.69, 9.17) is 5.26 Å². The second-order valence-corrected chi connectivity index (χ2v) is 6.63. The smallest absolute Gasteiger partial charge is 0.224 e. The van der Waals surface area contributed by atoms with Crippen LogP contribution in [0.5, 0.6) is 0 Å². The van der Waals surface area contributed by atoms with Crippen molar-refractivity contribution in [3.8, 4) is 6.07 Å². The molecule has 8 heteroatoms. The van der Waals surface area contributed by atoms with Crippen LogP contribution >= 0.6 is 0 Å². The quantitative estimate of drug-likeness (QED) is 0.723. The van der Waals surface area contributed by atoms with Crippen LogP contribution in [0.2, 0.25) is 0 Å². The van der Waals surface area contributed by atoms with Crippen LogP contribution in [0, 0.1) is 32.1 Å². The van der Waals surface area contributed by atoms with Crippen molar-refractivity contribution < 1.29 is 4.79 Å². The summed E-state index contributed by atoms with van der Waals surface area (Å²) in [5, 5.41) is 21.4. The van der Waals surface area contributed by atoms with E-state index in [1.165, 1.54) is 0 Å². The maximum Gasteiger partial charge on any atom is 0.224 e. The van der Waals surface area contributed by atoms with E-state index in [1.807, 2.05) is 38.6 Å². The highest BCUT2D eigenvalue weighted by Crippen LogP contribution is 2.20. The summed E-state index contributed by atoms with van der Waals surface area (Å²) in [5.41, 5.74) is 5.34. The van der Waals surface area contributed by atoms with Crippen molar-refractivity contribution in [3.63, 3.8) is 0 Å². The van der Waals surface area contributed by atoms with Gasteiger partial charge in [0.05, 0.1) is 42.3 Å². The number of carbonyl (C=O) groups excluding carboxylic acids is 1. The third-order valence-corrected chi connectivity index (χ3v) is 4.72. The first-order valence-corrected chi connectivity index (χ1v) is 8.89. The SMILES string of the molecule is Cc1nn(CCC#N)c(C)c1CCC(=O)Nc1cnc2c(c1)c(C)nn2C. The minimum absolute atomic E-state index is 0.0683. The molecule has 8 nitrogen and oxygen atoms in total. The van der Waals surface area contributed by atoms with Crippen molar-refractivity contribution in [1.82, 2.24) is 24.5 Å². The normalized spacial score (nSPS) is 10.9. The van der Waals surface area contributed by atoms with E-state index < -0.39 is 0 Å². The molecule has 140 valence electrons. The van der Waals surface area contributed by atoms with Crippen molar-refractivity contribution in [3.05, 3.63) is 34.9 Å². The molecule has 0 unspecified atom stereocenters. The number of nitrogens with zero attached hydrogens (tertiary/aromatic N) is 6. The molecule has 0 aliphatic rings. The van der Waals surface area contributed by atoms with Gasteiger partial charge < -0.3 is 5.32 Å². The fraction of sp³-hybridized carbons (Fsp3) is 0.421. The minimum atomic E-state index is -0.0683. The van der Waals surface area contributed by atoms with Crippen LogP contribution in [0.25, 0.3) is 11.0 Å². The highest BCUT2D eigenvalue weighted by atomic mass is 16.1. The monoisotopic (exact) mass is 365 g/mol. The van der Waals surface area contributed by atoms with E-state index in [0.29, 0.717) is 31.5 Å². The fourth-order valence-corrected chi connectivity index (χ4v) is 3.31. The second-order valence-electron chi connectivity index (χ2n) is 6.63. The lowest BCUT2D eigenvalue weighted by atomic mass is 10.1. The lowest BCUT2D eigenvalue weighted by Gasteiger charge is -2.06. The maximum absolute atomic E-state index is 12.4. The van der Waals surface area contributed by atoms with Gasteiger partial charge in [-0.3, -0.25) is 14.2 Å². The third kappa shape index (κ3) is 3.82. The molecule has 0 spiro atoms. The predicted molar refractivity (Wildman–Crippen MR) is 102 cm³/mol. The van der Waals surface area contributed by atoms with E-state index >= 15 is 0 Å². The average molecular weight is 365 g/mol. The van der Waals surface area contributed by atoms with Crippen LogP contribution in [0.4, 0.5) is 5.69 Å². The Kier molecular flexibility index (Phi) is 5.21. The van der Waals surface area contributed by atoms with Gasteiger partial charge in [-0.1, -0.05) is 0 Å². The highest BCUT2D eigenvalue weighted by Gasteiger charge is 2.14. The standard InChI is InChI=1S/C19H23N7O/c1-12-16(14(3)26(24-12)9-5-8-20)6-7-18(27)22-15-10-17-13(2)23-25(4)19(17)21-11-15/h10-11H,5-7,9H2,1-4H3,(H,22,27). The minimum Gasteiger partial charge on any atom is -0.325 e. The van der Waals surface area contributed by atoms with Gasteiger partial charge in [0.2, 0.25) is 5.91 Å². The number of amides is 1. The molecule has 3 aromatic heterocycles. The van der Waals surface area contributed by atoms with Gasteiger partial charge in [0.15, 0.2) is 5.65 Å². The van der Waals surface area contributed by atoms with Crippen molar-refractivity contribution in [2.24, 2.45) is 7.05 Å². The average Bonchev–Trinajstić information content (AvgIpc) is 3.07. The van der Waals surface area contributed by atoms with Crippen molar-refractivity contribution in [2.75, 3.05) is 5.32 Å². The number of aryl methyl sites for hydroxylation is 4. The summed E-state index contributed by atoms with van der Waals surface area (Å²) >= 11 is 0. The summed E-state index contributed by atoms with van der Waals surface area (Å²) in [6, 6.07) is 4.03. The molecule has 0 bridgehead atoms. The van der Waals surface area contributed by atoms with E-state index in [2.05, 4.69) is 26.6 Å². The van der Waals surface area contributed by atoms with Gasteiger partial charge in [0.25, 0.3) is 0 Å². The first-order valence-electron chi connectivity index (χ1n) is 8.89. The number of anilines is 1. The molecular formula is C19H23N7O. The molecule has 0 atom stereocenters. The van der Waals surface area contributed by atoms with E-state index in [0.717, 1.165) is 33.7 Å². The van der Waals surface area contributed by atoms with E-state index in [9.17, 15) is 4.79 Å². The molecule has 0 aliphatic heterocycles. The number of rotatable bonds is 6. The van der Waals surface area contributed by atoms with Gasteiger partial charge in [-0.05, 0) is 38.8 Å². The first kappa shape index (κ1) is 18.6. The van der Waals surface area contributed by atoms with Crippen LogP contribution in [0.3, 0.4) is 0 Å². The summed E-state index contributed by atoms with van der Waals surface area (Å²) in [4.78, 5) is 16.8. The van der Waals surface area contributed by atoms with Gasteiger partial charge in [0, 0.05) is 24.5 Å². The molecule has 3 heterocycles. The Bertz CT molecular complexity index is 1040. The Morgan fingerprint density at radius 3 is 2.78 bits per heavy atom. The van der Waals surface area contributed by atoms with Crippen molar-refractivity contribution in [1.29, 1.82) is 5.26 Å². The summed E-state index contributed by atoms with van der Waals surface area (Å²) < 4.78 is 3.57. The van der Waals surface area contributed by atoms with Crippen LogP contribution in [0.15, 0.2) is 12.3 Å². The molecule has 0 radical (unpaired) electrons. The third-order valence-electron chi connectivity index (χ3n) is 4.72. The number of hydrogen-bond donors (Lipinski definition) is 1. The molecule has 0 aliphatic carbocycles. The Morgan fingerprint density at radius 1 is 1.26 bits per heavy atom. The van der Waals surface area contributed by atoms with Crippen LogP contribution in [0.1, 0.15) is 35.5 Å². The number of fused-ring (bicyclic) bond motifs is 1. The zero-order valence-corrected chi connectivity index (χ0v) is 16.1. The van der Waals surface area contributed by atoms with Gasteiger partial charge in [-0.2, -0.15) is 15.5 Å². The van der Waals surface area contributed by atoms with Gasteiger partial charge >= 0.3 is 0 Å². The van der Waals surface area contributed by atoms with Gasteiger partial charge in [0.1, 0.15) is 0 Å². The Morgan fingerprint density at radius 2 is 2.04 bits per heavy atom. The van der Waals surface area contributed by atoms with E-state index in [1.54, 1.807) is 10.9 Å². The number of nitrogens with one attached hydrogen (secondary N) is 1. The number of carbonyl (C=O) groups is 1. The predicted octanol–water partition coefficient (Wildman–Crippen LogP) is 2.58. The number of aromatic nitrogens is 5. The lowest BCUT2D eigenvalue weighted by Crippen LogP contribution is -2.13. The van der Waals surface area contributed by atoms with Crippen molar-refractivity contribution >= 4 is 22.6 Å². The zero-order chi connectivity index (χ0) is 19.6.